The largest absolute Gasteiger partial charge is 0.345 e. The SMILES string of the molecule is CCCCCN(C)C(=NC(C)C)NN. The van der Waals surface area contributed by atoms with Gasteiger partial charge < -0.3 is 4.90 Å². The minimum atomic E-state index is 0.273. The van der Waals surface area contributed by atoms with Crippen molar-refractivity contribution >= 4 is 5.96 Å². The molecule has 3 N–H and O–H groups in total. The number of aliphatic imine (C=N–C) groups is 1. The zero-order chi connectivity index (χ0) is 11.0. The Morgan fingerprint density at radius 1 is 1.43 bits per heavy atom. The highest BCUT2D eigenvalue weighted by Crippen LogP contribution is 1.97. The average molecular weight is 200 g/mol. The molecule has 0 bridgehead atoms. The van der Waals surface area contributed by atoms with Gasteiger partial charge in [-0.3, -0.25) is 5.43 Å². The van der Waals surface area contributed by atoms with Crippen LogP contribution in [0.2, 0.25) is 0 Å². The van der Waals surface area contributed by atoms with Crippen molar-refractivity contribution in [1.29, 1.82) is 0 Å². The van der Waals surface area contributed by atoms with E-state index in [0.29, 0.717) is 0 Å². The lowest BCUT2D eigenvalue weighted by atomic mass is 10.2. The van der Waals surface area contributed by atoms with E-state index in [1.807, 2.05) is 20.9 Å². The van der Waals surface area contributed by atoms with Gasteiger partial charge >= 0.3 is 0 Å². The van der Waals surface area contributed by atoms with Crippen LogP contribution in [0, 0.1) is 0 Å². The predicted molar refractivity (Wildman–Crippen MR) is 62.0 cm³/mol. The number of rotatable bonds is 5. The van der Waals surface area contributed by atoms with Gasteiger partial charge in [0.2, 0.25) is 5.96 Å². The van der Waals surface area contributed by atoms with Gasteiger partial charge in [0, 0.05) is 19.6 Å². The Hall–Kier alpha value is -0.770. The molecular formula is C10H24N4. The van der Waals surface area contributed by atoms with E-state index in [-0.39, 0.29) is 6.04 Å². The fraction of sp³-hybridized carbons (Fsp3) is 0.900. The van der Waals surface area contributed by atoms with Crippen LogP contribution >= 0.6 is 0 Å². The fourth-order valence-electron chi connectivity index (χ4n) is 1.20. The Balaban J connectivity index is 3.97. The fourth-order valence-corrected chi connectivity index (χ4v) is 1.20. The summed E-state index contributed by atoms with van der Waals surface area (Å²) in [5, 5.41) is 0. The van der Waals surface area contributed by atoms with Crippen LogP contribution in [-0.4, -0.2) is 30.5 Å². The van der Waals surface area contributed by atoms with Gasteiger partial charge in [0.1, 0.15) is 0 Å². The predicted octanol–water partition coefficient (Wildman–Crippen LogP) is 1.34. The monoisotopic (exact) mass is 200 g/mol. The highest BCUT2D eigenvalue weighted by Gasteiger charge is 2.04. The molecule has 0 rings (SSSR count). The third kappa shape index (κ3) is 5.80. The first-order chi connectivity index (χ1) is 6.61. The number of nitrogens with two attached hydrogens (primary N) is 1. The number of unbranched alkanes of at least 4 members (excludes halogenated alkanes) is 2. The van der Waals surface area contributed by atoms with Crippen molar-refractivity contribution in [2.45, 2.75) is 46.1 Å². The lowest BCUT2D eigenvalue weighted by molar-refractivity contribution is 0.455. The van der Waals surface area contributed by atoms with E-state index >= 15 is 0 Å². The number of hydrazine groups is 1. The second kappa shape index (κ2) is 7.62. The van der Waals surface area contributed by atoms with Crippen LogP contribution in [-0.2, 0) is 0 Å². The molecule has 0 radical (unpaired) electrons. The van der Waals surface area contributed by atoms with Crippen LogP contribution in [0.5, 0.6) is 0 Å². The molecule has 0 aromatic rings. The third-order valence-electron chi connectivity index (χ3n) is 1.97. The molecule has 0 unspecified atom stereocenters. The van der Waals surface area contributed by atoms with Crippen LogP contribution < -0.4 is 11.3 Å². The maximum Gasteiger partial charge on any atom is 0.208 e. The van der Waals surface area contributed by atoms with Crippen LogP contribution in [0.15, 0.2) is 4.99 Å². The summed E-state index contributed by atoms with van der Waals surface area (Å²) in [6.45, 7) is 7.28. The van der Waals surface area contributed by atoms with Crippen molar-refractivity contribution in [3.05, 3.63) is 0 Å². The van der Waals surface area contributed by atoms with Crippen LogP contribution in [0.3, 0.4) is 0 Å². The molecule has 0 heterocycles. The second-order valence-corrected chi connectivity index (χ2v) is 3.82. The molecule has 0 saturated carbocycles. The summed E-state index contributed by atoms with van der Waals surface area (Å²) in [6, 6.07) is 0.273. The Morgan fingerprint density at radius 3 is 2.50 bits per heavy atom. The second-order valence-electron chi connectivity index (χ2n) is 3.82. The van der Waals surface area contributed by atoms with Crippen molar-refractivity contribution in [1.82, 2.24) is 10.3 Å². The van der Waals surface area contributed by atoms with Gasteiger partial charge in [-0.2, -0.15) is 0 Å². The zero-order valence-corrected chi connectivity index (χ0v) is 9.88. The first-order valence-corrected chi connectivity index (χ1v) is 5.37. The molecule has 0 aliphatic rings. The van der Waals surface area contributed by atoms with E-state index in [1.165, 1.54) is 19.3 Å². The molecule has 0 aromatic carbocycles. The normalized spacial score (nSPS) is 12.0. The molecule has 0 atom stereocenters. The van der Waals surface area contributed by atoms with Gasteiger partial charge in [-0.1, -0.05) is 19.8 Å². The molecule has 14 heavy (non-hydrogen) atoms. The molecule has 0 fully saturated rings. The lowest BCUT2D eigenvalue weighted by Gasteiger charge is -2.21. The highest BCUT2D eigenvalue weighted by molar-refractivity contribution is 5.79. The van der Waals surface area contributed by atoms with Crippen molar-refractivity contribution in [2.75, 3.05) is 13.6 Å². The summed E-state index contributed by atoms with van der Waals surface area (Å²) in [7, 11) is 2.01. The minimum absolute atomic E-state index is 0.273. The van der Waals surface area contributed by atoms with Crippen molar-refractivity contribution < 1.29 is 0 Å². The van der Waals surface area contributed by atoms with Gasteiger partial charge in [0.25, 0.3) is 0 Å². The molecule has 0 aromatic heterocycles. The van der Waals surface area contributed by atoms with Gasteiger partial charge in [-0.05, 0) is 20.3 Å². The minimum Gasteiger partial charge on any atom is -0.345 e. The first-order valence-electron chi connectivity index (χ1n) is 5.37. The number of nitrogens with zero attached hydrogens (tertiary/aromatic N) is 2. The van der Waals surface area contributed by atoms with Gasteiger partial charge in [0.15, 0.2) is 0 Å². The van der Waals surface area contributed by atoms with Crippen molar-refractivity contribution in [3.63, 3.8) is 0 Å². The molecule has 0 aliphatic heterocycles. The third-order valence-corrected chi connectivity index (χ3v) is 1.97. The van der Waals surface area contributed by atoms with E-state index < -0.39 is 0 Å². The summed E-state index contributed by atoms with van der Waals surface area (Å²) in [4.78, 5) is 6.45. The molecule has 0 saturated heterocycles. The average Bonchev–Trinajstić information content (AvgIpc) is 2.14. The van der Waals surface area contributed by atoms with Gasteiger partial charge in [-0.25, -0.2) is 10.8 Å². The lowest BCUT2D eigenvalue weighted by Crippen LogP contribution is -2.43. The quantitative estimate of drug-likeness (QED) is 0.231. The molecular weight excluding hydrogens is 176 g/mol. The standard InChI is InChI=1S/C10H24N4/c1-5-6-7-8-14(4)10(13-11)12-9(2)3/h9H,5-8,11H2,1-4H3,(H,12,13). The molecule has 0 aliphatic carbocycles. The highest BCUT2D eigenvalue weighted by atomic mass is 15.4. The van der Waals surface area contributed by atoms with Gasteiger partial charge in [-0.15, -0.1) is 0 Å². The summed E-state index contributed by atoms with van der Waals surface area (Å²) in [5.41, 5.74) is 2.64. The van der Waals surface area contributed by atoms with E-state index in [4.69, 9.17) is 5.84 Å². The summed E-state index contributed by atoms with van der Waals surface area (Å²) >= 11 is 0. The Bertz CT molecular complexity index is 166. The zero-order valence-electron chi connectivity index (χ0n) is 9.88. The number of nitrogens with one attached hydrogen (secondary N) is 1. The summed E-state index contributed by atoms with van der Waals surface area (Å²) in [5.74, 6) is 6.18. The van der Waals surface area contributed by atoms with Crippen LogP contribution in [0.1, 0.15) is 40.0 Å². The smallest absolute Gasteiger partial charge is 0.208 e. The van der Waals surface area contributed by atoms with E-state index in [1.54, 1.807) is 0 Å². The van der Waals surface area contributed by atoms with E-state index in [2.05, 4.69) is 22.2 Å². The molecule has 4 heteroatoms. The molecule has 0 amide bonds. The topological polar surface area (TPSA) is 53.6 Å². The number of hydrogen-bond acceptors (Lipinski definition) is 2. The molecule has 0 spiro atoms. The Labute approximate surface area is 87.5 Å². The molecule has 4 nitrogen and oxygen atoms in total. The summed E-state index contributed by atoms with van der Waals surface area (Å²) in [6.07, 6.45) is 3.68. The van der Waals surface area contributed by atoms with E-state index in [0.717, 1.165) is 12.5 Å². The maximum atomic E-state index is 5.40. The molecule has 84 valence electrons. The van der Waals surface area contributed by atoms with E-state index in [9.17, 15) is 0 Å². The first kappa shape index (κ1) is 13.2. The Morgan fingerprint density at radius 2 is 2.07 bits per heavy atom. The summed E-state index contributed by atoms with van der Waals surface area (Å²) < 4.78 is 0. The van der Waals surface area contributed by atoms with Gasteiger partial charge in [0.05, 0.1) is 0 Å². The number of hydrogen-bond donors (Lipinski definition) is 2. The van der Waals surface area contributed by atoms with Crippen molar-refractivity contribution in [2.24, 2.45) is 10.8 Å². The van der Waals surface area contributed by atoms with Crippen LogP contribution in [0.4, 0.5) is 0 Å². The number of guanidine groups is 1. The maximum absolute atomic E-state index is 5.40. The van der Waals surface area contributed by atoms with Crippen molar-refractivity contribution in [3.8, 4) is 0 Å². The Kier molecular flexibility index (Phi) is 7.20. The van der Waals surface area contributed by atoms with Crippen LogP contribution in [0.25, 0.3) is 0 Å².